The Balaban J connectivity index is 1.64. The van der Waals surface area contributed by atoms with Gasteiger partial charge in [-0.25, -0.2) is 9.79 Å². The van der Waals surface area contributed by atoms with Crippen LogP contribution in [-0.2, 0) is 0 Å². The summed E-state index contributed by atoms with van der Waals surface area (Å²) in [5, 5.41) is 0. The zero-order chi connectivity index (χ0) is 18.1. The number of rotatable bonds is 3. The number of fused-ring (bicyclic) bond motifs is 1. The SMILES string of the molecule is NC(=O)N(c1cccc(N2C=Nc3occc3C2N)c1)C1CCCCC1. The number of aliphatic imine (C=N–C) groups is 1. The first-order valence-corrected chi connectivity index (χ1v) is 8.99. The minimum absolute atomic E-state index is 0.153. The van der Waals surface area contributed by atoms with E-state index >= 15 is 0 Å². The van der Waals surface area contributed by atoms with Crippen molar-refractivity contribution in [1.82, 2.24) is 0 Å². The lowest BCUT2D eigenvalue weighted by Gasteiger charge is -2.34. The first-order chi connectivity index (χ1) is 12.6. The summed E-state index contributed by atoms with van der Waals surface area (Å²) < 4.78 is 5.31. The second kappa shape index (κ2) is 6.84. The van der Waals surface area contributed by atoms with Gasteiger partial charge in [0.1, 0.15) is 12.5 Å². The number of furan rings is 1. The van der Waals surface area contributed by atoms with Crippen LogP contribution in [-0.4, -0.2) is 18.4 Å². The van der Waals surface area contributed by atoms with Gasteiger partial charge in [0.2, 0.25) is 5.88 Å². The zero-order valence-electron chi connectivity index (χ0n) is 14.5. The van der Waals surface area contributed by atoms with Gasteiger partial charge in [-0.2, -0.15) is 0 Å². The maximum Gasteiger partial charge on any atom is 0.319 e. The van der Waals surface area contributed by atoms with Crippen molar-refractivity contribution in [2.24, 2.45) is 16.5 Å². The van der Waals surface area contributed by atoms with Crippen LogP contribution in [0.2, 0.25) is 0 Å². The number of benzene rings is 1. The van der Waals surface area contributed by atoms with Gasteiger partial charge < -0.3 is 20.8 Å². The molecule has 1 aliphatic carbocycles. The minimum Gasteiger partial charge on any atom is -0.446 e. The molecule has 136 valence electrons. The number of carbonyl (C=O) groups is 1. The average Bonchev–Trinajstić information content (AvgIpc) is 3.13. The van der Waals surface area contributed by atoms with E-state index in [9.17, 15) is 4.79 Å². The number of urea groups is 1. The van der Waals surface area contributed by atoms with Crippen molar-refractivity contribution in [3.8, 4) is 0 Å². The maximum atomic E-state index is 12.2. The molecule has 1 aromatic carbocycles. The third-order valence-corrected chi connectivity index (χ3v) is 5.18. The molecule has 1 aromatic heterocycles. The van der Waals surface area contributed by atoms with Crippen LogP contribution in [0, 0.1) is 0 Å². The molecule has 2 aromatic rings. The highest BCUT2D eigenvalue weighted by Crippen LogP contribution is 2.35. The molecule has 2 amide bonds. The summed E-state index contributed by atoms with van der Waals surface area (Å²) in [5.74, 6) is 0.533. The van der Waals surface area contributed by atoms with Crippen molar-refractivity contribution in [3.05, 3.63) is 42.2 Å². The molecule has 0 saturated heterocycles. The molecule has 26 heavy (non-hydrogen) atoms. The Hall–Kier alpha value is -2.80. The van der Waals surface area contributed by atoms with E-state index in [1.54, 1.807) is 17.5 Å². The molecule has 1 saturated carbocycles. The number of primary amides is 1. The lowest BCUT2D eigenvalue weighted by atomic mass is 9.94. The molecular formula is C19H23N5O2. The number of hydrogen-bond acceptors (Lipinski definition) is 5. The molecule has 1 fully saturated rings. The predicted octanol–water partition coefficient (Wildman–Crippen LogP) is 3.63. The third kappa shape index (κ3) is 2.94. The minimum atomic E-state index is -0.414. The van der Waals surface area contributed by atoms with Gasteiger partial charge in [0.15, 0.2) is 0 Å². The van der Waals surface area contributed by atoms with Gasteiger partial charge >= 0.3 is 6.03 Å². The molecule has 0 bridgehead atoms. The summed E-state index contributed by atoms with van der Waals surface area (Å²) in [5.41, 5.74) is 14.6. The average molecular weight is 353 g/mol. The normalized spacial score (nSPS) is 20.0. The molecule has 2 heterocycles. The number of amides is 2. The first kappa shape index (κ1) is 16.7. The summed E-state index contributed by atoms with van der Waals surface area (Å²) in [4.78, 5) is 20.0. The van der Waals surface area contributed by atoms with Crippen LogP contribution >= 0.6 is 0 Å². The molecule has 4 N–H and O–H groups in total. The van der Waals surface area contributed by atoms with Crippen LogP contribution in [0.5, 0.6) is 0 Å². The fraction of sp³-hybridized carbons (Fsp3) is 0.368. The Morgan fingerprint density at radius 3 is 2.81 bits per heavy atom. The van der Waals surface area contributed by atoms with Crippen molar-refractivity contribution in [3.63, 3.8) is 0 Å². The molecule has 0 radical (unpaired) electrons. The smallest absolute Gasteiger partial charge is 0.319 e. The Kier molecular flexibility index (Phi) is 4.38. The van der Waals surface area contributed by atoms with E-state index in [1.807, 2.05) is 35.2 Å². The van der Waals surface area contributed by atoms with E-state index in [0.717, 1.165) is 42.6 Å². The Labute approximate surface area is 152 Å². The van der Waals surface area contributed by atoms with E-state index in [0.29, 0.717) is 5.88 Å². The fourth-order valence-electron chi connectivity index (χ4n) is 3.87. The summed E-state index contributed by atoms with van der Waals surface area (Å²) in [6, 6.07) is 9.28. The molecule has 7 heteroatoms. The first-order valence-electron chi connectivity index (χ1n) is 8.99. The number of nitrogens with zero attached hydrogens (tertiary/aromatic N) is 3. The van der Waals surface area contributed by atoms with Gasteiger partial charge in [-0.1, -0.05) is 25.3 Å². The Bertz CT molecular complexity index is 825. The van der Waals surface area contributed by atoms with Crippen LogP contribution in [0.4, 0.5) is 22.1 Å². The number of anilines is 2. The highest BCUT2D eigenvalue weighted by atomic mass is 16.3. The number of carbonyl (C=O) groups excluding carboxylic acids is 1. The monoisotopic (exact) mass is 353 g/mol. The predicted molar refractivity (Wildman–Crippen MR) is 102 cm³/mol. The van der Waals surface area contributed by atoms with Crippen LogP contribution in [0.3, 0.4) is 0 Å². The zero-order valence-corrected chi connectivity index (χ0v) is 14.5. The summed E-state index contributed by atoms with van der Waals surface area (Å²) in [7, 11) is 0. The van der Waals surface area contributed by atoms with Crippen molar-refractivity contribution in [2.45, 2.75) is 44.3 Å². The quantitative estimate of drug-likeness (QED) is 0.879. The van der Waals surface area contributed by atoms with Gasteiger partial charge in [0.05, 0.1) is 11.8 Å². The largest absolute Gasteiger partial charge is 0.446 e. The fourth-order valence-corrected chi connectivity index (χ4v) is 3.87. The Morgan fingerprint density at radius 1 is 1.23 bits per heavy atom. The number of nitrogens with two attached hydrogens (primary N) is 2. The highest BCUT2D eigenvalue weighted by Gasteiger charge is 2.28. The van der Waals surface area contributed by atoms with Crippen LogP contribution in [0.25, 0.3) is 0 Å². The topological polar surface area (TPSA) is 101 Å². The van der Waals surface area contributed by atoms with Gasteiger partial charge in [0.25, 0.3) is 0 Å². The van der Waals surface area contributed by atoms with Crippen LogP contribution < -0.4 is 21.3 Å². The molecule has 1 aliphatic heterocycles. The molecular weight excluding hydrogens is 330 g/mol. The third-order valence-electron chi connectivity index (χ3n) is 5.18. The summed E-state index contributed by atoms with van der Waals surface area (Å²) >= 11 is 0. The molecule has 1 atom stereocenters. The van der Waals surface area contributed by atoms with Crippen LogP contribution in [0.15, 0.2) is 46.0 Å². The van der Waals surface area contributed by atoms with Gasteiger partial charge in [-0.3, -0.25) is 4.90 Å². The van der Waals surface area contributed by atoms with E-state index in [1.165, 1.54) is 6.42 Å². The van der Waals surface area contributed by atoms with Gasteiger partial charge in [-0.15, -0.1) is 0 Å². The highest BCUT2D eigenvalue weighted by molar-refractivity contribution is 5.93. The lowest BCUT2D eigenvalue weighted by molar-refractivity contribution is 0.249. The van der Waals surface area contributed by atoms with Crippen molar-refractivity contribution < 1.29 is 9.21 Å². The molecule has 0 spiro atoms. The van der Waals surface area contributed by atoms with E-state index < -0.39 is 12.2 Å². The summed E-state index contributed by atoms with van der Waals surface area (Å²) in [6.45, 7) is 0. The molecule has 4 rings (SSSR count). The molecule has 7 nitrogen and oxygen atoms in total. The van der Waals surface area contributed by atoms with Crippen molar-refractivity contribution in [2.75, 3.05) is 9.80 Å². The van der Waals surface area contributed by atoms with E-state index in [-0.39, 0.29) is 6.04 Å². The van der Waals surface area contributed by atoms with Crippen LogP contribution in [0.1, 0.15) is 43.8 Å². The second-order valence-corrected chi connectivity index (χ2v) is 6.80. The molecule has 1 unspecified atom stereocenters. The number of hydrogen-bond donors (Lipinski definition) is 2. The lowest BCUT2D eigenvalue weighted by Crippen LogP contribution is -2.45. The van der Waals surface area contributed by atoms with Crippen molar-refractivity contribution in [1.29, 1.82) is 0 Å². The second-order valence-electron chi connectivity index (χ2n) is 6.80. The van der Waals surface area contributed by atoms with Gasteiger partial charge in [0, 0.05) is 17.4 Å². The van der Waals surface area contributed by atoms with Crippen molar-refractivity contribution >= 4 is 29.6 Å². The Morgan fingerprint density at radius 2 is 2.04 bits per heavy atom. The standard InChI is InChI=1S/C19H23N5O2/c20-17-16-9-10-26-18(16)22-12-23(17)14-7-4-8-15(11-14)24(19(21)25)13-5-2-1-3-6-13/h4,7-13,17H,1-3,5-6,20H2,(H2,21,25). The van der Waals surface area contributed by atoms with E-state index in [2.05, 4.69) is 4.99 Å². The molecule has 2 aliphatic rings. The van der Waals surface area contributed by atoms with Gasteiger partial charge in [-0.05, 0) is 37.1 Å². The van der Waals surface area contributed by atoms with E-state index in [4.69, 9.17) is 15.9 Å². The maximum absolute atomic E-state index is 12.2. The summed E-state index contributed by atoms with van der Waals surface area (Å²) in [6.07, 6.45) is 8.28.